The van der Waals surface area contributed by atoms with Crippen LogP contribution in [0.3, 0.4) is 0 Å². The summed E-state index contributed by atoms with van der Waals surface area (Å²) in [4.78, 5) is 27.7. The van der Waals surface area contributed by atoms with Gasteiger partial charge in [-0.15, -0.1) is 11.3 Å². The molecular weight excluding hydrogens is 442 g/mol. The molecule has 5 rings (SSSR count). The molecular formula is C24H26ClN5OS. The lowest BCUT2D eigenvalue weighted by Crippen LogP contribution is -2.64. The van der Waals surface area contributed by atoms with Gasteiger partial charge in [0.25, 0.3) is 0 Å². The van der Waals surface area contributed by atoms with E-state index in [2.05, 4.69) is 27.0 Å². The van der Waals surface area contributed by atoms with Gasteiger partial charge in [0, 0.05) is 36.4 Å². The van der Waals surface area contributed by atoms with E-state index in [0.29, 0.717) is 12.4 Å². The highest BCUT2D eigenvalue weighted by Gasteiger charge is 2.50. The van der Waals surface area contributed by atoms with Crippen molar-refractivity contribution in [3.05, 3.63) is 57.5 Å². The predicted octanol–water partition coefficient (Wildman–Crippen LogP) is 4.60. The number of benzene rings is 1. The second kappa shape index (κ2) is 8.81. The van der Waals surface area contributed by atoms with Crippen LogP contribution in [0.25, 0.3) is 17.0 Å². The number of rotatable bonds is 5. The summed E-state index contributed by atoms with van der Waals surface area (Å²) in [6, 6.07) is 9.94. The number of piperazine rings is 1. The van der Waals surface area contributed by atoms with Crippen LogP contribution >= 0.6 is 22.9 Å². The number of nitrogen functional groups attached to an aromatic ring is 1. The van der Waals surface area contributed by atoms with Crippen LogP contribution in [0.15, 0.2) is 42.7 Å². The molecule has 0 unspecified atom stereocenters. The maximum atomic E-state index is 13.7. The molecule has 1 amide bonds. The first-order valence-corrected chi connectivity index (χ1v) is 12.2. The molecule has 32 heavy (non-hydrogen) atoms. The Bertz CT molecular complexity index is 1170. The fourth-order valence-corrected chi connectivity index (χ4v) is 6.04. The van der Waals surface area contributed by atoms with Crippen LogP contribution in [-0.2, 0) is 11.3 Å². The third-order valence-corrected chi connectivity index (χ3v) is 7.86. The number of anilines is 1. The first kappa shape index (κ1) is 21.4. The molecule has 1 saturated carbocycles. The number of hydrogen-bond acceptors (Lipinski definition) is 6. The van der Waals surface area contributed by atoms with Gasteiger partial charge in [0.05, 0.1) is 9.85 Å². The largest absolute Gasteiger partial charge is 0.383 e. The van der Waals surface area contributed by atoms with Crippen LogP contribution < -0.4 is 5.73 Å². The van der Waals surface area contributed by atoms with E-state index in [-0.39, 0.29) is 11.4 Å². The molecule has 2 N–H and O–H groups in total. The molecule has 3 heterocycles. The Morgan fingerprint density at radius 1 is 1.16 bits per heavy atom. The van der Waals surface area contributed by atoms with Gasteiger partial charge in [-0.25, -0.2) is 9.97 Å². The lowest BCUT2D eigenvalue weighted by atomic mass is 9.90. The van der Waals surface area contributed by atoms with Crippen LogP contribution in [0.2, 0.25) is 4.34 Å². The van der Waals surface area contributed by atoms with E-state index >= 15 is 0 Å². The maximum absolute atomic E-state index is 13.7. The molecule has 1 saturated heterocycles. The number of carbonyl (C=O) groups is 1. The van der Waals surface area contributed by atoms with Crippen molar-refractivity contribution < 1.29 is 4.79 Å². The minimum absolute atomic E-state index is 0.260. The van der Waals surface area contributed by atoms with E-state index in [1.54, 1.807) is 11.3 Å². The van der Waals surface area contributed by atoms with Crippen molar-refractivity contribution in [2.45, 2.75) is 37.8 Å². The van der Waals surface area contributed by atoms with Gasteiger partial charge in [-0.3, -0.25) is 9.69 Å². The van der Waals surface area contributed by atoms with Crippen molar-refractivity contribution >= 4 is 51.6 Å². The molecule has 1 spiro atoms. The summed E-state index contributed by atoms with van der Waals surface area (Å²) in [5.74, 6) is 0.741. The second-order valence-corrected chi connectivity index (χ2v) is 10.3. The highest BCUT2D eigenvalue weighted by atomic mass is 35.5. The number of carbonyl (C=O) groups excluding carboxylic acids is 1. The summed E-state index contributed by atoms with van der Waals surface area (Å²) in [5, 5.41) is 0.846. The summed E-state index contributed by atoms with van der Waals surface area (Å²) in [6.45, 7) is 2.98. The molecule has 3 aromatic rings. The fraction of sp³-hybridized carbons (Fsp3) is 0.375. The Labute approximate surface area is 196 Å². The Balaban J connectivity index is 1.32. The Morgan fingerprint density at radius 2 is 2.00 bits per heavy atom. The molecule has 6 nitrogen and oxygen atoms in total. The van der Waals surface area contributed by atoms with Crippen LogP contribution in [0.5, 0.6) is 0 Å². The summed E-state index contributed by atoms with van der Waals surface area (Å²) in [7, 11) is 0. The molecule has 0 atom stereocenters. The zero-order chi connectivity index (χ0) is 22.1. The number of nitrogens with zero attached hydrogens (tertiary/aromatic N) is 4. The Kier molecular flexibility index (Phi) is 5.88. The van der Waals surface area contributed by atoms with E-state index in [0.717, 1.165) is 71.0 Å². The van der Waals surface area contributed by atoms with Crippen LogP contribution in [-0.4, -0.2) is 50.8 Å². The van der Waals surface area contributed by atoms with Crippen molar-refractivity contribution in [1.29, 1.82) is 0 Å². The first-order chi connectivity index (χ1) is 15.5. The van der Waals surface area contributed by atoms with Crippen molar-refractivity contribution in [3.63, 3.8) is 0 Å². The van der Waals surface area contributed by atoms with Crippen molar-refractivity contribution in [2.24, 2.45) is 0 Å². The van der Waals surface area contributed by atoms with Gasteiger partial charge < -0.3 is 10.6 Å². The highest BCUT2D eigenvalue weighted by Crippen LogP contribution is 2.39. The summed E-state index contributed by atoms with van der Waals surface area (Å²) in [6.07, 6.45) is 9.83. The predicted molar refractivity (Wildman–Crippen MR) is 131 cm³/mol. The molecule has 8 heteroatoms. The molecule has 0 radical (unpaired) electrons. The number of aromatic nitrogens is 2. The molecule has 0 bridgehead atoms. The van der Waals surface area contributed by atoms with E-state index < -0.39 is 0 Å². The first-order valence-electron chi connectivity index (χ1n) is 11.0. The Hall–Kier alpha value is -2.48. The average Bonchev–Trinajstić information content (AvgIpc) is 3.43. The number of thiophene rings is 1. The number of nitrogens with two attached hydrogens (primary N) is 1. The molecule has 1 aliphatic heterocycles. The average molecular weight is 468 g/mol. The third kappa shape index (κ3) is 4.00. The maximum Gasteiger partial charge on any atom is 0.243 e. The number of amides is 1. The van der Waals surface area contributed by atoms with Gasteiger partial charge in [0.15, 0.2) is 0 Å². The molecule has 1 aromatic carbocycles. The fourth-order valence-electron chi connectivity index (χ4n) is 5.05. The molecule has 2 fully saturated rings. The van der Waals surface area contributed by atoms with Crippen molar-refractivity contribution in [3.8, 4) is 0 Å². The summed E-state index contributed by atoms with van der Waals surface area (Å²) >= 11 is 7.61. The topological polar surface area (TPSA) is 75.3 Å². The number of fused-ring (bicyclic) bond motifs is 1. The van der Waals surface area contributed by atoms with Crippen molar-refractivity contribution in [2.75, 3.05) is 25.4 Å². The van der Waals surface area contributed by atoms with Crippen molar-refractivity contribution in [1.82, 2.24) is 19.8 Å². The van der Waals surface area contributed by atoms with Gasteiger partial charge in [-0.2, -0.15) is 0 Å². The highest BCUT2D eigenvalue weighted by molar-refractivity contribution is 7.16. The normalized spacial score (nSPS) is 19.0. The quantitative estimate of drug-likeness (QED) is 0.593. The van der Waals surface area contributed by atoms with Gasteiger partial charge in [0.1, 0.15) is 17.7 Å². The lowest BCUT2D eigenvalue weighted by molar-refractivity contribution is -0.151. The van der Waals surface area contributed by atoms with E-state index in [1.807, 2.05) is 35.2 Å². The van der Waals surface area contributed by atoms with E-state index in [1.165, 1.54) is 6.33 Å². The second-order valence-electron chi connectivity index (χ2n) is 8.57. The number of hydrogen-bond donors (Lipinski definition) is 1. The van der Waals surface area contributed by atoms with Crippen LogP contribution in [0, 0.1) is 0 Å². The summed E-state index contributed by atoms with van der Waals surface area (Å²) in [5.41, 5.74) is 7.46. The SMILES string of the molecule is Nc1ncnc2cc(CN3CCN(C/C=C/c4ccc(Cl)s4)C4(CCCC4)C3=O)ccc12. The summed E-state index contributed by atoms with van der Waals surface area (Å²) < 4.78 is 0.795. The Morgan fingerprint density at radius 3 is 2.78 bits per heavy atom. The van der Waals surface area contributed by atoms with Crippen LogP contribution in [0.4, 0.5) is 5.82 Å². The van der Waals surface area contributed by atoms with Gasteiger partial charge in [0.2, 0.25) is 5.91 Å². The minimum atomic E-state index is -0.376. The van der Waals surface area contributed by atoms with E-state index in [4.69, 9.17) is 17.3 Å². The van der Waals surface area contributed by atoms with Gasteiger partial charge in [-0.1, -0.05) is 36.6 Å². The monoisotopic (exact) mass is 467 g/mol. The lowest BCUT2D eigenvalue weighted by Gasteiger charge is -2.47. The zero-order valence-corrected chi connectivity index (χ0v) is 19.4. The smallest absolute Gasteiger partial charge is 0.243 e. The van der Waals surface area contributed by atoms with Crippen LogP contribution in [0.1, 0.15) is 36.1 Å². The standard InChI is InChI=1S/C24H26ClN5OS/c25-21-8-6-18(32-21)4-3-11-30-13-12-29(23(31)24(30)9-1-2-10-24)15-17-5-7-19-20(14-17)27-16-28-22(19)26/h3-8,14,16H,1-2,9-13,15H2,(H2,26,27,28)/b4-3+. The molecule has 166 valence electrons. The molecule has 2 aromatic heterocycles. The van der Waals surface area contributed by atoms with Gasteiger partial charge >= 0.3 is 0 Å². The number of halogens is 1. The third-order valence-electron chi connectivity index (χ3n) is 6.67. The van der Waals surface area contributed by atoms with Gasteiger partial charge in [-0.05, 0) is 48.7 Å². The minimum Gasteiger partial charge on any atom is -0.383 e. The van der Waals surface area contributed by atoms with E-state index in [9.17, 15) is 4.79 Å². The molecule has 2 aliphatic rings. The zero-order valence-electron chi connectivity index (χ0n) is 17.8. The molecule has 1 aliphatic carbocycles.